The zero-order valence-electron chi connectivity index (χ0n) is 6.49. The summed E-state index contributed by atoms with van der Waals surface area (Å²) in [6.45, 7) is 0. The Labute approximate surface area is 75.2 Å². The first-order valence-electron chi connectivity index (χ1n) is 3.29. The van der Waals surface area contributed by atoms with E-state index < -0.39 is 0 Å². The molecule has 0 fully saturated rings. The highest BCUT2D eigenvalue weighted by Crippen LogP contribution is 2.21. The predicted octanol–water partition coefficient (Wildman–Crippen LogP) is 2.16. The number of halogens is 1. The molecule has 0 radical (unpaired) electrons. The number of rotatable bonds is 2. The Morgan fingerprint density at radius 1 is 1.58 bits per heavy atom. The summed E-state index contributed by atoms with van der Waals surface area (Å²) in [6.07, 6.45) is 1.29. The van der Waals surface area contributed by atoms with Crippen LogP contribution >= 0.6 is 11.6 Å². The molecule has 64 valence electrons. The summed E-state index contributed by atoms with van der Waals surface area (Å²) >= 11 is 5.71. The van der Waals surface area contributed by atoms with E-state index in [0.717, 1.165) is 0 Å². The topological polar surface area (TPSA) is 41.8 Å². The molecule has 1 N–H and O–H groups in total. The average molecular weight is 186 g/mol. The van der Waals surface area contributed by atoms with Crippen LogP contribution in [-0.2, 0) is 0 Å². The van der Waals surface area contributed by atoms with E-state index in [9.17, 15) is 0 Å². The molecule has 12 heavy (non-hydrogen) atoms. The van der Waals surface area contributed by atoms with Gasteiger partial charge in [0.05, 0.1) is 13.3 Å². The van der Waals surface area contributed by atoms with E-state index in [2.05, 4.69) is 5.16 Å². The molecule has 0 heterocycles. The normalized spacial score (nSPS) is 10.5. The van der Waals surface area contributed by atoms with Gasteiger partial charge >= 0.3 is 0 Å². The lowest BCUT2D eigenvalue weighted by Crippen LogP contribution is -1.90. The molecule has 1 rings (SSSR count). The van der Waals surface area contributed by atoms with E-state index in [0.29, 0.717) is 16.3 Å². The summed E-state index contributed by atoms with van der Waals surface area (Å²) in [5.41, 5.74) is 0.685. The van der Waals surface area contributed by atoms with Crippen LogP contribution < -0.4 is 4.74 Å². The van der Waals surface area contributed by atoms with E-state index in [1.807, 2.05) is 0 Å². The molecule has 0 saturated heterocycles. The van der Waals surface area contributed by atoms with Crippen molar-refractivity contribution >= 4 is 17.8 Å². The van der Waals surface area contributed by atoms with Crippen LogP contribution in [0, 0.1) is 0 Å². The first-order chi connectivity index (χ1) is 5.77. The summed E-state index contributed by atoms with van der Waals surface area (Å²) in [7, 11) is 1.53. The van der Waals surface area contributed by atoms with Gasteiger partial charge in [0.25, 0.3) is 0 Å². The van der Waals surface area contributed by atoms with E-state index in [4.69, 9.17) is 21.5 Å². The minimum Gasteiger partial charge on any atom is -0.496 e. The Hall–Kier alpha value is -1.22. The molecule has 0 bridgehead atoms. The van der Waals surface area contributed by atoms with E-state index in [1.54, 1.807) is 18.2 Å². The molecule has 0 saturated carbocycles. The number of methoxy groups -OCH3 is 1. The van der Waals surface area contributed by atoms with Gasteiger partial charge < -0.3 is 9.94 Å². The minimum atomic E-state index is 0.584. The van der Waals surface area contributed by atoms with E-state index in [1.165, 1.54) is 13.3 Å². The lowest BCUT2D eigenvalue weighted by atomic mass is 10.2. The highest BCUT2D eigenvalue weighted by molar-refractivity contribution is 6.30. The van der Waals surface area contributed by atoms with Gasteiger partial charge in [-0.3, -0.25) is 0 Å². The van der Waals surface area contributed by atoms with Crippen molar-refractivity contribution in [3.63, 3.8) is 0 Å². The van der Waals surface area contributed by atoms with Crippen molar-refractivity contribution < 1.29 is 9.94 Å². The van der Waals surface area contributed by atoms with Crippen LogP contribution in [0.5, 0.6) is 5.75 Å². The second kappa shape index (κ2) is 3.97. The highest BCUT2D eigenvalue weighted by Gasteiger charge is 2.00. The molecular weight excluding hydrogens is 178 g/mol. The van der Waals surface area contributed by atoms with Crippen molar-refractivity contribution in [3.8, 4) is 5.75 Å². The number of ether oxygens (including phenoxy) is 1. The molecule has 4 heteroatoms. The van der Waals surface area contributed by atoms with Crippen molar-refractivity contribution in [2.75, 3.05) is 7.11 Å². The summed E-state index contributed by atoms with van der Waals surface area (Å²) in [4.78, 5) is 0. The molecule has 0 unspecified atom stereocenters. The van der Waals surface area contributed by atoms with Gasteiger partial charge in [0, 0.05) is 10.6 Å². The van der Waals surface area contributed by atoms with Crippen LogP contribution in [0.4, 0.5) is 0 Å². The van der Waals surface area contributed by atoms with Crippen LogP contribution in [0.2, 0.25) is 5.02 Å². The van der Waals surface area contributed by atoms with Gasteiger partial charge in [-0.2, -0.15) is 0 Å². The SMILES string of the molecule is COc1cc(Cl)ccc1C=NO. The van der Waals surface area contributed by atoms with Gasteiger partial charge in [-0.25, -0.2) is 0 Å². The van der Waals surface area contributed by atoms with Gasteiger partial charge in [-0.05, 0) is 18.2 Å². The number of hydrogen-bond acceptors (Lipinski definition) is 3. The van der Waals surface area contributed by atoms with Crippen LogP contribution in [0.1, 0.15) is 5.56 Å². The standard InChI is InChI=1S/C8H8ClNO2/c1-12-8-4-7(9)3-2-6(8)5-10-11/h2-5,11H,1H3. The monoisotopic (exact) mass is 185 g/mol. The van der Waals surface area contributed by atoms with Crippen LogP contribution in [0.15, 0.2) is 23.4 Å². The second-order valence-electron chi connectivity index (χ2n) is 2.13. The van der Waals surface area contributed by atoms with Gasteiger partial charge in [0.2, 0.25) is 0 Å². The third kappa shape index (κ3) is 1.89. The molecule has 0 atom stereocenters. The van der Waals surface area contributed by atoms with Crippen molar-refractivity contribution in [1.29, 1.82) is 0 Å². The lowest BCUT2D eigenvalue weighted by Gasteiger charge is -2.03. The molecule has 3 nitrogen and oxygen atoms in total. The Morgan fingerprint density at radius 3 is 2.92 bits per heavy atom. The van der Waals surface area contributed by atoms with Crippen molar-refractivity contribution in [2.45, 2.75) is 0 Å². The first-order valence-corrected chi connectivity index (χ1v) is 3.66. The third-order valence-corrected chi connectivity index (χ3v) is 1.63. The summed E-state index contributed by atoms with van der Waals surface area (Å²) in [5.74, 6) is 0.584. The fourth-order valence-electron chi connectivity index (χ4n) is 0.854. The third-order valence-electron chi connectivity index (χ3n) is 1.39. The van der Waals surface area contributed by atoms with Gasteiger partial charge in [0.1, 0.15) is 5.75 Å². The molecular formula is C8H8ClNO2. The Bertz CT molecular complexity index is 299. The van der Waals surface area contributed by atoms with E-state index in [-0.39, 0.29) is 0 Å². The van der Waals surface area contributed by atoms with Gasteiger partial charge in [-0.15, -0.1) is 0 Å². The zero-order chi connectivity index (χ0) is 8.97. The number of hydrogen-bond donors (Lipinski definition) is 1. The van der Waals surface area contributed by atoms with Gasteiger partial charge in [-0.1, -0.05) is 16.8 Å². The van der Waals surface area contributed by atoms with Crippen molar-refractivity contribution in [1.82, 2.24) is 0 Å². The molecule has 1 aromatic rings. The molecule has 0 aliphatic heterocycles. The minimum absolute atomic E-state index is 0.584. The van der Waals surface area contributed by atoms with Gasteiger partial charge in [0.15, 0.2) is 0 Å². The quantitative estimate of drug-likeness (QED) is 0.436. The number of benzene rings is 1. The Balaban J connectivity index is 3.10. The van der Waals surface area contributed by atoms with Crippen molar-refractivity contribution in [2.24, 2.45) is 5.16 Å². The fraction of sp³-hybridized carbons (Fsp3) is 0.125. The summed E-state index contributed by atoms with van der Waals surface area (Å²) in [6, 6.07) is 5.06. The Kier molecular flexibility index (Phi) is 2.94. The van der Waals surface area contributed by atoms with Crippen LogP contribution in [-0.4, -0.2) is 18.5 Å². The van der Waals surface area contributed by atoms with Crippen LogP contribution in [0.3, 0.4) is 0 Å². The molecule has 0 spiro atoms. The fourth-order valence-corrected chi connectivity index (χ4v) is 1.02. The molecule has 0 aliphatic carbocycles. The molecule has 1 aromatic carbocycles. The maximum Gasteiger partial charge on any atom is 0.129 e. The Morgan fingerprint density at radius 2 is 2.33 bits per heavy atom. The predicted molar refractivity (Wildman–Crippen MR) is 47.4 cm³/mol. The molecule has 0 aromatic heterocycles. The second-order valence-corrected chi connectivity index (χ2v) is 2.57. The average Bonchev–Trinajstić information content (AvgIpc) is 2.08. The smallest absolute Gasteiger partial charge is 0.129 e. The highest BCUT2D eigenvalue weighted by atomic mass is 35.5. The van der Waals surface area contributed by atoms with Crippen molar-refractivity contribution in [3.05, 3.63) is 28.8 Å². The summed E-state index contributed by atoms with van der Waals surface area (Å²) < 4.78 is 4.99. The maximum atomic E-state index is 8.29. The first kappa shape index (κ1) is 8.87. The summed E-state index contributed by atoms with van der Waals surface area (Å²) in [5, 5.41) is 11.8. The van der Waals surface area contributed by atoms with E-state index >= 15 is 0 Å². The maximum absolute atomic E-state index is 8.29. The zero-order valence-corrected chi connectivity index (χ0v) is 7.25. The molecule has 0 aliphatic rings. The molecule has 0 amide bonds. The van der Waals surface area contributed by atoms with Crippen LogP contribution in [0.25, 0.3) is 0 Å². The number of oxime groups is 1. The number of nitrogens with zero attached hydrogens (tertiary/aromatic N) is 1. The lowest BCUT2D eigenvalue weighted by molar-refractivity contribution is 0.321. The largest absolute Gasteiger partial charge is 0.496 e.